The van der Waals surface area contributed by atoms with Crippen molar-refractivity contribution in [3.8, 4) is 0 Å². The third kappa shape index (κ3) is 3.83. The Morgan fingerprint density at radius 1 is 1.05 bits per heavy atom. The van der Waals surface area contributed by atoms with E-state index in [4.69, 9.17) is 4.74 Å². The molecule has 0 amide bonds. The van der Waals surface area contributed by atoms with Crippen molar-refractivity contribution in [2.45, 2.75) is 71.0 Å². The lowest BCUT2D eigenvalue weighted by Crippen LogP contribution is -2.44. The molecule has 0 aliphatic carbocycles. The molecule has 0 aliphatic heterocycles. The van der Waals surface area contributed by atoms with Gasteiger partial charge in [-0.2, -0.15) is 0 Å². The van der Waals surface area contributed by atoms with Crippen molar-refractivity contribution >= 4 is 0 Å². The van der Waals surface area contributed by atoms with Crippen molar-refractivity contribution in [2.75, 3.05) is 7.11 Å². The van der Waals surface area contributed by atoms with Crippen molar-refractivity contribution < 1.29 is 9.84 Å². The fourth-order valence-electron chi connectivity index (χ4n) is 2.70. The van der Waals surface area contributed by atoms with Gasteiger partial charge in [0, 0.05) is 13.5 Å². The number of ether oxygens (including phenoxy) is 1. The van der Waals surface area contributed by atoms with Crippen LogP contribution < -0.4 is 0 Å². The monoisotopic (exact) mass is 278 g/mol. The molecule has 2 heteroatoms. The van der Waals surface area contributed by atoms with Gasteiger partial charge in [0.25, 0.3) is 0 Å². The summed E-state index contributed by atoms with van der Waals surface area (Å²) >= 11 is 0. The van der Waals surface area contributed by atoms with Gasteiger partial charge in [-0.25, -0.2) is 0 Å². The second-order valence-corrected chi connectivity index (χ2v) is 6.64. The summed E-state index contributed by atoms with van der Waals surface area (Å²) in [4.78, 5) is 0. The Morgan fingerprint density at radius 2 is 1.55 bits per heavy atom. The number of benzene rings is 1. The smallest absolute Gasteiger partial charge is 0.0934 e. The van der Waals surface area contributed by atoms with Gasteiger partial charge < -0.3 is 9.84 Å². The van der Waals surface area contributed by atoms with E-state index < -0.39 is 11.7 Å². The van der Waals surface area contributed by atoms with Crippen molar-refractivity contribution in [3.63, 3.8) is 0 Å². The van der Waals surface area contributed by atoms with Gasteiger partial charge >= 0.3 is 0 Å². The Balaban J connectivity index is 2.83. The number of rotatable bonds is 6. The molecule has 0 saturated heterocycles. The Labute approximate surface area is 124 Å². The Hall–Kier alpha value is -0.860. The van der Waals surface area contributed by atoms with Crippen LogP contribution in [0.15, 0.2) is 24.3 Å². The van der Waals surface area contributed by atoms with Crippen LogP contribution in [0.25, 0.3) is 0 Å². The number of aliphatic hydroxyl groups is 1. The first kappa shape index (κ1) is 17.2. The minimum absolute atomic E-state index is 0.167. The van der Waals surface area contributed by atoms with Gasteiger partial charge in [-0.3, -0.25) is 0 Å². The predicted octanol–water partition coefficient (Wildman–Crippen LogP) is 4.09. The molecule has 114 valence electrons. The molecule has 0 aromatic heterocycles. The lowest BCUT2D eigenvalue weighted by molar-refractivity contribution is -0.106. The molecule has 1 aromatic carbocycles. The maximum absolute atomic E-state index is 10.5. The molecule has 1 unspecified atom stereocenters. The van der Waals surface area contributed by atoms with Gasteiger partial charge in [0.1, 0.15) is 0 Å². The average molecular weight is 278 g/mol. The average Bonchev–Trinajstić information content (AvgIpc) is 2.41. The first-order valence-corrected chi connectivity index (χ1v) is 7.61. The summed E-state index contributed by atoms with van der Waals surface area (Å²) in [7, 11) is 1.69. The number of hydrogen-bond donors (Lipinski definition) is 1. The van der Waals surface area contributed by atoms with Crippen molar-refractivity contribution in [2.24, 2.45) is 0 Å². The Morgan fingerprint density at radius 3 is 1.90 bits per heavy atom. The van der Waals surface area contributed by atoms with Crippen molar-refractivity contribution in [1.29, 1.82) is 0 Å². The SMILES string of the molecule is CCC(CC)(OC)C(O)Cc1ccc(C(C)(C)C)cc1. The van der Waals surface area contributed by atoms with Gasteiger partial charge in [0.2, 0.25) is 0 Å². The van der Waals surface area contributed by atoms with E-state index in [1.54, 1.807) is 7.11 Å². The predicted molar refractivity (Wildman–Crippen MR) is 85.2 cm³/mol. The van der Waals surface area contributed by atoms with E-state index >= 15 is 0 Å². The van der Waals surface area contributed by atoms with Crippen LogP contribution in [-0.4, -0.2) is 23.9 Å². The molecule has 2 nitrogen and oxygen atoms in total. The standard InChI is InChI=1S/C18H30O2/c1-7-18(8-2,20-6)16(19)13-14-9-11-15(12-10-14)17(3,4)5/h9-12,16,19H,7-8,13H2,1-6H3. The normalized spacial score (nSPS) is 14.3. The molecule has 0 fully saturated rings. The van der Waals surface area contributed by atoms with Crippen LogP contribution in [0.1, 0.15) is 58.6 Å². The molecular formula is C18H30O2. The maximum atomic E-state index is 10.5. The third-order valence-corrected chi connectivity index (χ3v) is 4.46. The molecule has 0 heterocycles. The summed E-state index contributed by atoms with van der Waals surface area (Å²) < 4.78 is 5.60. The molecule has 1 atom stereocenters. The van der Waals surface area contributed by atoms with Crippen LogP contribution >= 0.6 is 0 Å². The molecule has 0 saturated carbocycles. The van der Waals surface area contributed by atoms with Crippen LogP contribution in [0.5, 0.6) is 0 Å². The quantitative estimate of drug-likeness (QED) is 0.849. The van der Waals surface area contributed by atoms with Crippen LogP contribution in [-0.2, 0) is 16.6 Å². The molecule has 0 aliphatic rings. The van der Waals surface area contributed by atoms with E-state index in [0.717, 1.165) is 18.4 Å². The zero-order chi connectivity index (χ0) is 15.4. The number of hydrogen-bond acceptors (Lipinski definition) is 2. The molecule has 0 spiro atoms. The van der Waals surface area contributed by atoms with Crippen LogP contribution in [0.4, 0.5) is 0 Å². The molecule has 1 N–H and O–H groups in total. The van der Waals surface area contributed by atoms with E-state index in [0.29, 0.717) is 6.42 Å². The number of aliphatic hydroxyl groups excluding tert-OH is 1. The molecular weight excluding hydrogens is 248 g/mol. The first-order chi connectivity index (χ1) is 9.29. The van der Waals surface area contributed by atoms with E-state index in [1.165, 1.54) is 5.56 Å². The fraction of sp³-hybridized carbons (Fsp3) is 0.667. The summed E-state index contributed by atoms with van der Waals surface area (Å²) in [6.45, 7) is 10.8. The Bertz CT molecular complexity index is 388. The van der Waals surface area contributed by atoms with E-state index in [2.05, 4.69) is 58.9 Å². The largest absolute Gasteiger partial charge is 0.390 e. The maximum Gasteiger partial charge on any atom is 0.0934 e. The molecule has 0 bridgehead atoms. The van der Waals surface area contributed by atoms with E-state index in [1.807, 2.05) is 0 Å². The van der Waals surface area contributed by atoms with Gasteiger partial charge in [-0.05, 0) is 29.4 Å². The zero-order valence-corrected chi connectivity index (χ0v) is 13.9. The highest BCUT2D eigenvalue weighted by molar-refractivity contribution is 5.28. The highest BCUT2D eigenvalue weighted by Crippen LogP contribution is 2.27. The second kappa shape index (κ2) is 6.73. The van der Waals surface area contributed by atoms with Crippen LogP contribution in [0.3, 0.4) is 0 Å². The minimum Gasteiger partial charge on any atom is -0.390 e. The minimum atomic E-state index is -0.469. The molecule has 20 heavy (non-hydrogen) atoms. The van der Waals surface area contributed by atoms with E-state index in [9.17, 15) is 5.11 Å². The highest BCUT2D eigenvalue weighted by Gasteiger charge is 2.34. The van der Waals surface area contributed by atoms with E-state index in [-0.39, 0.29) is 5.41 Å². The summed E-state index contributed by atoms with van der Waals surface area (Å²) in [6, 6.07) is 8.56. The van der Waals surface area contributed by atoms with Crippen LogP contribution in [0.2, 0.25) is 0 Å². The van der Waals surface area contributed by atoms with Crippen LogP contribution in [0, 0.1) is 0 Å². The zero-order valence-electron chi connectivity index (χ0n) is 13.9. The third-order valence-electron chi connectivity index (χ3n) is 4.46. The molecule has 1 aromatic rings. The van der Waals surface area contributed by atoms with Gasteiger partial charge in [-0.1, -0.05) is 58.9 Å². The Kier molecular flexibility index (Phi) is 5.79. The van der Waals surface area contributed by atoms with Gasteiger partial charge in [-0.15, -0.1) is 0 Å². The number of methoxy groups -OCH3 is 1. The second-order valence-electron chi connectivity index (χ2n) is 6.64. The first-order valence-electron chi connectivity index (χ1n) is 7.61. The summed E-state index contributed by atoms with van der Waals surface area (Å²) in [5.41, 5.74) is 2.22. The van der Waals surface area contributed by atoms with Gasteiger partial charge in [0.15, 0.2) is 0 Å². The topological polar surface area (TPSA) is 29.5 Å². The highest BCUT2D eigenvalue weighted by atomic mass is 16.5. The van der Waals surface area contributed by atoms with Crippen molar-refractivity contribution in [3.05, 3.63) is 35.4 Å². The molecule has 1 rings (SSSR count). The lowest BCUT2D eigenvalue weighted by Gasteiger charge is -2.35. The van der Waals surface area contributed by atoms with Gasteiger partial charge in [0.05, 0.1) is 11.7 Å². The summed E-state index contributed by atoms with van der Waals surface area (Å²) in [5, 5.41) is 10.5. The fourth-order valence-corrected chi connectivity index (χ4v) is 2.70. The molecule has 0 radical (unpaired) electrons. The summed E-state index contributed by atoms with van der Waals surface area (Å²) in [6.07, 6.45) is 1.81. The summed E-state index contributed by atoms with van der Waals surface area (Å²) in [5.74, 6) is 0. The lowest BCUT2D eigenvalue weighted by atomic mass is 9.84. The van der Waals surface area contributed by atoms with Crippen molar-refractivity contribution in [1.82, 2.24) is 0 Å².